The van der Waals surface area contributed by atoms with E-state index in [1.54, 1.807) is 12.3 Å². The number of amides is 1. The van der Waals surface area contributed by atoms with E-state index in [9.17, 15) is 4.79 Å². The van der Waals surface area contributed by atoms with E-state index in [0.717, 1.165) is 17.7 Å². The molecule has 2 aromatic rings. The van der Waals surface area contributed by atoms with Gasteiger partial charge < -0.3 is 21.1 Å². The molecule has 0 radical (unpaired) electrons. The van der Waals surface area contributed by atoms with Gasteiger partial charge in [-0.05, 0) is 36.8 Å². The SMILES string of the molecule is CCNC(=O)COc1cccc(CN=C(N)NCCc2ccccn2)c1.I. The number of nitrogens with zero attached hydrogens (tertiary/aromatic N) is 2. The lowest BCUT2D eigenvalue weighted by atomic mass is 10.2. The highest BCUT2D eigenvalue weighted by Crippen LogP contribution is 2.14. The quantitative estimate of drug-likeness (QED) is 0.287. The van der Waals surface area contributed by atoms with Gasteiger partial charge >= 0.3 is 0 Å². The number of aromatic nitrogens is 1. The number of guanidine groups is 1. The van der Waals surface area contributed by atoms with Gasteiger partial charge in [-0.3, -0.25) is 9.78 Å². The van der Waals surface area contributed by atoms with E-state index < -0.39 is 0 Å². The third-order valence-corrected chi connectivity index (χ3v) is 3.49. The topological polar surface area (TPSA) is 102 Å². The van der Waals surface area contributed by atoms with E-state index in [4.69, 9.17) is 10.5 Å². The zero-order valence-corrected chi connectivity index (χ0v) is 17.7. The van der Waals surface area contributed by atoms with E-state index >= 15 is 0 Å². The number of ether oxygens (including phenoxy) is 1. The Balaban J connectivity index is 0.00000364. The number of aliphatic imine (C=N–C) groups is 1. The predicted molar refractivity (Wildman–Crippen MR) is 117 cm³/mol. The fourth-order valence-corrected chi connectivity index (χ4v) is 2.23. The maximum Gasteiger partial charge on any atom is 0.257 e. The van der Waals surface area contributed by atoms with Crippen LogP contribution in [0.4, 0.5) is 0 Å². The van der Waals surface area contributed by atoms with Gasteiger partial charge in [-0.2, -0.15) is 0 Å². The second-order valence-electron chi connectivity index (χ2n) is 5.59. The predicted octanol–water partition coefficient (Wildman–Crippen LogP) is 1.86. The zero-order valence-electron chi connectivity index (χ0n) is 15.4. The minimum Gasteiger partial charge on any atom is -0.484 e. The number of carbonyl (C=O) groups is 1. The van der Waals surface area contributed by atoms with Crippen molar-refractivity contribution in [2.75, 3.05) is 19.7 Å². The number of rotatable bonds is 9. The number of carbonyl (C=O) groups excluding carboxylic acids is 1. The van der Waals surface area contributed by atoms with Crippen LogP contribution in [0.25, 0.3) is 0 Å². The molecule has 2 rings (SSSR count). The molecule has 0 aliphatic carbocycles. The van der Waals surface area contributed by atoms with Crippen LogP contribution in [0.15, 0.2) is 53.7 Å². The third-order valence-electron chi connectivity index (χ3n) is 3.49. The molecule has 0 aliphatic heterocycles. The average Bonchev–Trinajstić information content (AvgIpc) is 2.66. The van der Waals surface area contributed by atoms with Gasteiger partial charge in [-0.1, -0.05) is 18.2 Å². The monoisotopic (exact) mass is 483 g/mol. The van der Waals surface area contributed by atoms with E-state index in [1.165, 1.54) is 0 Å². The maximum atomic E-state index is 11.4. The molecule has 1 heterocycles. The molecule has 0 unspecified atom stereocenters. The number of nitrogens with two attached hydrogens (primary N) is 1. The minimum atomic E-state index is -0.141. The van der Waals surface area contributed by atoms with Crippen molar-refractivity contribution in [1.82, 2.24) is 15.6 Å². The van der Waals surface area contributed by atoms with Crippen LogP contribution in [0, 0.1) is 0 Å². The summed E-state index contributed by atoms with van der Waals surface area (Å²) in [5, 5.41) is 5.76. The average molecular weight is 483 g/mol. The van der Waals surface area contributed by atoms with Gasteiger partial charge in [-0.25, -0.2) is 4.99 Å². The van der Waals surface area contributed by atoms with Crippen molar-refractivity contribution in [1.29, 1.82) is 0 Å². The highest BCUT2D eigenvalue weighted by Gasteiger charge is 2.02. The van der Waals surface area contributed by atoms with Crippen molar-refractivity contribution >= 4 is 35.8 Å². The molecule has 0 spiro atoms. The van der Waals surface area contributed by atoms with Crippen LogP contribution in [0.1, 0.15) is 18.2 Å². The largest absolute Gasteiger partial charge is 0.484 e. The first-order valence-electron chi connectivity index (χ1n) is 8.59. The van der Waals surface area contributed by atoms with Crippen LogP contribution < -0.4 is 21.1 Å². The van der Waals surface area contributed by atoms with Gasteiger partial charge in [-0.15, -0.1) is 24.0 Å². The zero-order chi connectivity index (χ0) is 18.6. The molecule has 7 nitrogen and oxygen atoms in total. The summed E-state index contributed by atoms with van der Waals surface area (Å²) in [6, 6.07) is 13.3. The Morgan fingerprint density at radius 3 is 2.81 bits per heavy atom. The Labute approximate surface area is 176 Å². The minimum absolute atomic E-state index is 0. The van der Waals surface area contributed by atoms with Gasteiger partial charge in [0.25, 0.3) is 5.91 Å². The van der Waals surface area contributed by atoms with Crippen LogP contribution in [-0.4, -0.2) is 36.5 Å². The van der Waals surface area contributed by atoms with Crippen molar-refractivity contribution in [2.24, 2.45) is 10.7 Å². The van der Waals surface area contributed by atoms with E-state index in [1.807, 2.05) is 43.3 Å². The first-order valence-corrected chi connectivity index (χ1v) is 8.59. The first-order chi connectivity index (χ1) is 12.7. The lowest BCUT2D eigenvalue weighted by Gasteiger charge is -2.08. The van der Waals surface area contributed by atoms with Crippen molar-refractivity contribution in [3.63, 3.8) is 0 Å². The van der Waals surface area contributed by atoms with Gasteiger partial charge in [0.15, 0.2) is 12.6 Å². The van der Waals surface area contributed by atoms with Crippen LogP contribution in [0.5, 0.6) is 5.75 Å². The van der Waals surface area contributed by atoms with E-state index in [2.05, 4.69) is 20.6 Å². The molecule has 8 heteroatoms. The van der Waals surface area contributed by atoms with Crippen LogP contribution >= 0.6 is 24.0 Å². The van der Waals surface area contributed by atoms with Crippen molar-refractivity contribution in [3.05, 3.63) is 59.9 Å². The van der Waals surface area contributed by atoms with Gasteiger partial charge in [0, 0.05) is 31.4 Å². The fraction of sp³-hybridized carbons (Fsp3) is 0.316. The van der Waals surface area contributed by atoms with Crippen LogP contribution in [0.3, 0.4) is 0 Å². The molecule has 0 aliphatic rings. The van der Waals surface area contributed by atoms with Gasteiger partial charge in [0.2, 0.25) is 0 Å². The molecule has 0 bridgehead atoms. The lowest BCUT2D eigenvalue weighted by molar-refractivity contribution is -0.122. The Bertz CT molecular complexity index is 725. The number of hydrogen-bond donors (Lipinski definition) is 3. The fourth-order valence-electron chi connectivity index (χ4n) is 2.23. The number of benzene rings is 1. The Hall–Kier alpha value is -2.36. The molecule has 27 heavy (non-hydrogen) atoms. The second-order valence-corrected chi connectivity index (χ2v) is 5.59. The summed E-state index contributed by atoms with van der Waals surface area (Å²) in [7, 11) is 0. The summed E-state index contributed by atoms with van der Waals surface area (Å²) in [6.45, 7) is 3.55. The molecule has 0 saturated carbocycles. The molecule has 4 N–H and O–H groups in total. The second kappa shape index (κ2) is 12.9. The lowest BCUT2D eigenvalue weighted by Crippen LogP contribution is -2.33. The maximum absolute atomic E-state index is 11.4. The van der Waals surface area contributed by atoms with Gasteiger partial charge in [0.05, 0.1) is 6.54 Å². The summed E-state index contributed by atoms with van der Waals surface area (Å²) in [4.78, 5) is 20.0. The molecule has 1 amide bonds. The number of halogens is 1. The van der Waals surface area contributed by atoms with Crippen LogP contribution in [-0.2, 0) is 17.8 Å². The molecular formula is C19H26IN5O2. The summed E-state index contributed by atoms with van der Waals surface area (Å²) in [6.07, 6.45) is 2.55. The molecular weight excluding hydrogens is 457 g/mol. The standard InChI is InChI=1S/C19H25N5O2.HI/c1-2-21-18(25)14-26-17-8-5-6-15(12-17)13-24-19(20)23-11-9-16-7-3-4-10-22-16;/h3-8,10,12H,2,9,11,13-14H2,1H3,(H,21,25)(H3,20,23,24);1H. The van der Waals surface area contributed by atoms with E-state index in [0.29, 0.717) is 31.3 Å². The van der Waals surface area contributed by atoms with Crippen molar-refractivity contribution in [2.45, 2.75) is 19.9 Å². The highest BCUT2D eigenvalue weighted by molar-refractivity contribution is 14.0. The molecule has 0 fully saturated rings. The Morgan fingerprint density at radius 1 is 1.22 bits per heavy atom. The van der Waals surface area contributed by atoms with E-state index in [-0.39, 0.29) is 36.5 Å². The Kier molecular flexibility index (Phi) is 10.8. The summed E-state index contributed by atoms with van der Waals surface area (Å²) in [5.41, 5.74) is 7.85. The molecule has 146 valence electrons. The number of likely N-dealkylation sites (N-methyl/N-ethyl adjacent to an activating group) is 1. The summed E-state index contributed by atoms with van der Waals surface area (Å²) in [5.74, 6) is 0.873. The van der Waals surface area contributed by atoms with Crippen molar-refractivity contribution < 1.29 is 9.53 Å². The summed E-state index contributed by atoms with van der Waals surface area (Å²) >= 11 is 0. The molecule has 0 atom stereocenters. The highest BCUT2D eigenvalue weighted by atomic mass is 127. The van der Waals surface area contributed by atoms with Crippen LogP contribution in [0.2, 0.25) is 0 Å². The number of nitrogens with one attached hydrogen (secondary N) is 2. The molecule has 1 aromatic carbocycles. The summed E-state index contributed by atoms with van der Waals surface area (Å²) < 4.78 is 5.47. The smallest absolute Gasteiger partial charge is 0.257 e. The Morgan fingerprint density at radius 2 is 2.07 bits per heavy atom. The van der Waals surface area contributed by atoms with Crippen molar-refractivity contribution in [3.8, 4) is 5.75 Å². The molecule has 0 saturated heterocycles. The first kappa shape index (κ1) is 22.7. The molecule has 1 aromatic heterocycles. The number of pyridine rings is 1. The normalized spacial score (nSPS) is 10.6. The number of hydrogen-bond acceptors (Lipinski definition) is 4. The van der Waals surface area contributed by atoms with Gasteiger partial charge in [0.1, 0.15) is 5.75 Å². The third kappa shape index (κ3) is 9.23.